The lowest BCUT2D eigenvalue weighted by molar-refractivity contribution is 0.672. The van der Waals surface area contributed by atoms with Crippen LogP contribution < -0.4 is 4.90 Å². The van der Waals surface area contributed by atoms with Gasteiger partial charge in [-0.3, -0.25) is 0 Å². The third-order valence-corrected chi connectivity index (χ3v) is 10.7. The van der Waals surface area contributed by atoms with Crippen molar-refractivity contribution < 1.29 is 4.42 Å². The van der Waals surface area contributed by atoms with E-state index >= 15 is 0 Å². The van der Waals surface area contributed by atoms with Crippen molar-refractivity contribution in [1.29, 1.82) is 0 Å². The quantitative estimate of drug-likeness (QED) is 0.181. The summed E-state index contributed by atoms with van der Waals surface area (Å²) in [5, 5.41) is 9.35. The molecule has 0 atom stereocenters. The van der Waals surface area contributed by atoms with Crippen LogP contribution in [0.25, 0.3) is 82.1 Å². The van der Waals surface area contributed by atoms with Crippen LogP contribution in [0.2, 0.25) is 0 Å². The summed E-state index contributed by atoms with van der Waals surface area (Å²) in [6.45, 7) is 0. The minimum atomic E-state index is 0.872. The zero-order valence-corrected chi connectivity index (χ0v) is 28.8. The van der Waals surface area contributed by atoms with Crippen LogP contribution in [0.3, 0.4) is 0 Å². The molecule has 53 heavy (non-hydrogen) atoms. The lowest BCUT2D eigenvalue weighted by atomic mass is 9.95. The Kier molecular flexibility index (Phi) is 6.55. The fraction of sp³-hybridized carbons (Fsp3) is 0. The van der Waals surface area contributed by atoms with Crippen LogP contribution in [-0.2, 0) is 0 Å². The first-order chi connectivity index (χ1) is 26.3. The fourth-order valence-corrected chi connectivity index (χ4v) is 8.37. The number of hydrogen-bond acceptors (Lipinski definition) is 2. The summed E-state index contributed by atoms with van der Waals surface area (Å²) in [6.07, 6.45) is 0. The van der Waals surface area contributed by atoms with Crippen LogP contribution in [0, 0.1) is 0 Å². The van der Waals surface area contributed by atoms with Crippen LogP contribution in [0.5, 0.6) is 0 Å². The maximum Gasteiger partial charge on any atom is 0.143 e. The van der Waals surface area contributed by atoms with Crippen molar-refractivity contribution in [3.05, 3.63) is 194 Å². The van der Waals surface area contributed by atoms with Gasteiger partial charge in [-0.05, 0) is 82.6 Å². The summed E-state index contributed by atoms with van der Waals surface area (Å²) >= 11 is 0. The molecule has 0 saturated carbocycles. The third-order valence-electron chi connectivity index (χ3n) is 10.7. The molecule has 0 unspecified atom stereocenters. The van der Waals surface area contributed by atoms with E-state index in [0.717, 1.165) is 55.6 Å². The maximum atomic E-state index is 6.71. The van der Waals surface area contributed by atoms with Crippen molar-refractivity contribution in [1.82, 2.24) is 4.57 Å². The van der Waals surface area contributed by atoms with Crippen LogP contribution in [0.1, 0.15) is 0 Å². The second kappa shape index (κ2) is 11.7. The van der Waals surface area contributed by atoms with Crippen molar-refractivity contribution in [2.75, 3.05) is 4.90 Å². The lowest BCUT2D eigenvalue weighted by Crippen LogP contribution is -2.10. The highest BCUT2D eigenvalue weighted by Gasteiger charge is 2.21. The van der Waals surface area contributed by atoms with Gasteiger partial charge >= 0.3 is 0 Å². The van der Waals surface area contributed by atoms with Gasteiger partial charge in [-0.2, -0.15) is 0 Å². The first-order valence-corrected chi connectivity index (χ1v) is 18.1. The molecule has 0 amide bonds. The molecule has 11 aromatic rings. The van der Waals surface area contributed by atoms with Gasteiger partial charge in [0, 0.05) is 49.4 Å². The van der Waals surface area contributed by atoms with Gasteiger partial charge in [0.1, 0.15) is 11.2 Å². The number of anilines is 3. The van der Waals surface area contributed by atoms with E-state index in [0.29, 0.717) is 0 Å². The van der Waals surface area contributed by atoms with E-state index in [9.17, 15) is 0 Å². The van der Waals surface area contributed by atoms with Gasteiger partial charge in [0.05, 0.1) is 16.7 Å². The van der Waals surface area contributed by atoms with Gasteiger partial charge in [-0.25, -0.2) is 0 Å². The molecule has 9 aromatic carbocycles. The maximum absolute atomic E-state index is 6.71. The summed E-state index contributed by atoms with van der Waals surface area (Å²) in [5.74, 6) is 0. The average molecular weight is 677 g/mol. The first kappa shape index (κ1) is 29.6. The Balaban J connectivity index is 1.20. The Hall–Kier alpha value is -7.10. The molecule has 0 aliphatic rings. The standard InChI is InChI=1S/C50H32N2O/c1-3-14-34(15-4-1)43-32-45-44-30-36(27-29-49(44)53-50(45)42-23-10-9-21-39(42)43)51(46-25-13-17-33-16-7-8-20-38(33)46)37-26-28-41-40-22-11-12-24-47(40)52(48(41)31-37)35-18-5-2-6-19-35/h1-32H. The normalized spacial score (nSPS) is 11.8. The van der Waals surface area contributed by atoms with Crippen molar-refractivity contribution in [2.45, 2.75) is 0 Å². The monoisotopic (exact) mass is 676 g/mol. The van der Waals surface area contributed by atoms with Crippen LogP contribution in [-0.4, -0.2) is 4.57 Å². The van der Waals surface area contributed by atoms with Crippen molar-refractivity contribution in [2.24, 2.45) is 0 Å². The minimum absolute atomic E-state index is 0.872. The number of aromatic nitrogens is 1. The summed E-state index contributed by atoms with van der Waals surface area (Å²) < 4.78 is 9.09. The molecule has 0 N–H and O–H groups in total. The summed E-state index contributed by atoms with van der Waals surface area (Å²) in [6, 6.07) is 69.7. The van der Waals surface area contributed by atoms with Crippen molar-refractivity contribution in [3.63, 3.8) is 0 Å². The van der Waals surface area contributed by atoms with E-state index in [1.54, 1.807) is 0 Å². The Bertz CT molecular complexity index is 3170. The molecule has 0 aliphatic carbocycles. The van der Waals surface area contributed by atoms with Gasteiger partial charge in [0.2, 0.25) is 0 Å². The van der Waals surface area contributed by atoms with E-state index < -0.39 is 0 Å². The molecular formula is C50H32N2O. The van der Waals surface area contributed by atoms with Crippen LogP contribution in [0.4, 0.5) is 17.1 Å². The molecule has 0 bridgehead atoms. The second-order valence-corrected chi connectivity index (χ2v) is 13.7. The summed E-state index contributed by atoms with van der Waals surface area (Å²) in [4.78, 5) is 2.41. The van der Waals surface area contributed by atoms with Gasteiger partial charge < -0.3 is 13.9 Å². The zero-order chi connectivity index (χ0) is 34.9. The molecule has 0 aliphatic heterocycles. The molecule has 0 spiro atoms. The second-order valence-electron chi connectivity index (χ2n) is 13.7. The number of furan rings is 1. The predicted molar refractivity (Wildman–Crippen MR) is 223 cm³/mol. The highest BCUT2D eigenvalue weighted by molar-refractivity contribution is 6.20. The highest BCUT2D eigenvalue weighted by Crippen LogP contribution is 2.45. The first-order valence-electron chi connectivity index (χ1n) is 18.1. The van der Waals surface area contributed by atoms with E-state index in [1.165, 1.54) is 43.6 Å². The molecule has 0 fully saturated rings. The van der Waals surface area contributed by atoms with E-state index in [4.69, 9.17) is 4.42 Å². The number of fused-ring (bicyclic) bond motifs is 9. The smallest absolute Gasteiger partial charge is 0.143 e. The topological polar surface area (TPSA) is 21.3 Å². The fourth-order valence-electron chi connectivity index (χ4n) is 8.37. The summed E-state index contributed by atoms with van der Waals surface area (Å²) in [7, 11) is 0. The Morgan fingerprint density at radius 3 is 1.89 bits per heavy atom. The molecule has 2 aromatic heterocycles. The Morgan fingerprint density at radius 2 is 1.04 bits per heavy atom. The number of para-hydroxylation sites is 2. The molecule has 2 heterocycles. The SMILES string of the molecule is c1ccc(-c2cc3c4cc(N(c5ccc6c7ccccc7n(-c7ccccc7)c6c5)c5cccc6ccccc56)ccc4oc3c3ccccc23)cc1. The molecular weight excluding hydrogens is 645 g/mol. The lowest BCUT2D eigenvalue weighted by Gasteiger charge is -2.27. The number of hydrogen-bond donors (Lipinski definition) is 0. The largest absolute Gasteiger partial charge is 0.455 e. The average Bonchev–Trinajstić information content (AvgIpc) is 3.77. The van der Waals surface area contributed by atoms with Crippen LogP contribution in [0.15, 0.2) is 199 Å². The van der Waals surface area contributed by atoms with Gasteiger partial charge in [0.25, 0.3) is 0 Å². The van der Waals surface area contributed by atoms with Gasteiger partial charge in [0.15, 0.2) is 0 Å². The molecule has 3 heteroatoms. The zero-order valence-electron chi connectivity index (χ0n) is 28.8. The van der Waals surface area contributed by atoms with E-state index in [-0.39, 0.29) is 0 Å². The molecule has 248 valence electrons. The Labute approximate surface area is 306 Å². The molecule has 11 rings (SSSR count). The predicted octanol–water partition coefficient (Wildman–Crippen LogP) is 14.1. The van der Waals surface area contributed by atoms with Gasteiger partial charge in [-0.1, -0.05) is 133 Å². The Morgan fingerprint density at radius 1 is 0.396 bits per heavy atom. The highest BCUT2D eigenvalue weighted by atomic mass is 16.3. The van der Waals surface area contributed by atoms with E-state index in [2.05, 4.69) is 204 Å². The minimum Gasteiger partial charge on any atom is -0.455 e. The number of nitrogens with zero attached hydrogens (tertiary/aromatic N) is 2. The number of rotatable bonds is 5. The molecule has 3 nitrogen and oxygen atoms in total. The van der Waals surface area contributed by atoms with Crippen molar-refractivity contribution in [3.8, 4) is 16.8 Å². The summed E-state index contributed by atoms with van der Waals surface area (Å²) in [5.41, 5.74) is 10.9. The molecule has 0 saturated heterocycles. The molecule has 0 radical (unpaired) electrons. The van der Waals surface area contributed by atoms with E-state index in [1.807, 2.05) is 0 Å². The van der Waals surface area contributed by atoms with Crippen molar-refractivity contribution >= 4 is 82.4 Å². The van der Waals surface area contributed by atoms with Crippen LogP contribution >= 0.6 is 0 Å². The van der Waals surface area contributed by atoms with Gasteiger partial charge in [-0.15, -0.1) is 0 Å². The third kappa shape index (κ3) is 4.61. The number of benzene rings is 9.